The highest BCUT2D eigenvalue weighted by atomic mass is 79.9. The van der Waals surface area contributed by atoms with Crippen molar-refractivity contribution in [3.8, 4) is 0 Å². The van der Waals surface area contributed by atoms with Gasteiger partial charge in [0.1, 0.15) is 6.04 Å². The van der Waals surface area contributed by atoms with Crippen molar-refractivity contribution < 1.29 is 14.3 Å². The van der Waals surface area contributed by atoms with Gasteiger partial charge in [-0.3, -0.25) is 4.79 Å². The Morgan fingerprint density at radius 1 is 1.79 bits per heavy atom. The molecular weight excluding hydrogens is 250 g/mol. The molecule has 1 saturated heterocycles. The fourth-order valence-electron chi connectivity index (χ4n) is 1.44. The molecule has 1 aliphatic heterocycles. The van der Waals surface area contributed by atoms with Crippen LogP contribution >= 0.6 is 15.9 Å². The van der Waals surface area contributed by atoms with Gasteiger partial charge in [-0.05, 0) is 20.3 Å². The molecule has 0 saturated carbocycles. The van der Waals surface area contributed by atoms with Crippen molar-refractivity contribution >= 4 is 27.8 Å². The van der Waals surface area contributed by atoms with Crippen molar-refractivity contribution in [2.24, 2.45) is 0 Å². The number of alkyl halides is 1. The number of hydrogen-bond acceptors (Lipinski definition) is 3. The number of carbonyl (C=O) groups excluding carboxylic acids is 2. The summed E-state index contributed by atoms with van der Waals surface area (Å²) in [6, 6.07) is -0.468. The molecule has 5 heteroatoms. The van der Waals surface area contributed by atoms with Crippen LogP contribution in [0.2, 0.25) is 0 Å². The summed E-state index contributed by atoms with van der Waals surface area (Å²) in [6.45, 7) is 4.42. The Balaban J connectivity index is 2.57. The van der Waals surface area contributed by atoms with Crippen LogP contribution in [0.3, 0.4) is 0 Å². The Morgan fingerprint density at radius 3 is 2.86 bits per heavy atom. The average Bonchev–Trinajstić information content (AvgIpc) is 2.47. The van der Waals surface area contributed by atoms with E-state index < -0.39 is 6.04 Å². The predicted octanol–water partition coefficient (Wildman–Crippen LogP) is 0.934. The van der Waals surface area contributed by atoms with Gasteiger partial charge < -0.3 is 9.64 Å². The highest BCUT2D eigenvalue weighted by Gasteiger charge is 2.35. The molecule has 0 aliphatic carbocycles. The minimum Gasteiger partial charge on any atom is -0.464 e. The fourth-order valence-corrected chi connectivity index (χ4v) is 1.91. The Morgan fingerprint density at radius 2 is 2.43 bits per heavy atom. The van der Waals surface area contributed by atoms with E-state index in [9.17, 15) is 9.59 Å². The monoisotopic (exact) mass is 263 g/mol. The lowest BCUT2D eigenvalue weighted by Gasteiger charge is -2.22. The van der Waals surface area contributed by atoms with E-state index in [4.69, 9.17) is 4.74 Å². The number of ether oxygens (including phenoxy) is 1. The van der Waals surface area contributed by atoms with Crippen molar-refractivity contribution in [3.05, 3.63) is 0 Å². The molecule has 0 bridgehead atoms. The van der Waals surface area contributed by atoms with E-state index in [1.54, 1.807) is 18.7 Å². The zero-order valence-electron chi connectivity index (χ0n) is 8.33. The molecule has 4 nitrogen and oxygen atoms in total. The van der Waals surface area contributed by atoms with E-state index >= 15 is 0 Å². The third-order valence-corrected chi connectivity index (χ3v) is 3.12. The van der Waals surface area contributed by atoms with Crippen LogP contribution in [-0.4, -0.2) is 40.8 Å². The molecule has 80 valence electrons. The molecule has 0 aromatic rings. The van der Waals surface area contributed by atoms with Crippen LogP contribution in [-0.2, 0) is 14.3 Å². The van der Waals surface area contributed by atoms with Crippen LogP contribution in [0.25, 0.3) is 0 Å². The van der Waals surface area contributed by atoms with Crippen molar-refractivity contribution in [2.45, 2.75) is 31.1 Å². The molecule has 1 aliphatic rings. The molecule has 1 rings (SSSR count). The second-order valence-corrected chi connectivity index (χ2v) is 4.32. The molecule has 1 fully saturated rings. The first-order valence-corrected chi connectivity index (χ1v) is 5.60. The van der Waals surface area contributed by atoms with Crippen molar-refractivity contribution in [3.63, 3.8) is 0 Å². The molecule has 1 heterocycles. The normalized spacial score (nSPS) is 23.8. The molecule has 0 spiro atoms. The van der Waals surface area contributed by atoms with Gasteiger partial charge in [0.25, 0.3) is 0 Å². The first-order chi connectivity index (χ1) is 6.57. The van der Waals surface area contributed by atoms with Crippen LogP contribution in [0.1, 0.15) is 20.3 Å². The summed E-state index contributed by atoms with van der Waals surface area (Å²) in [4.78, 5) is 24.3. The lowest BCUT2D eigenvalue weighted by molar-refractivity contribution is -0.152. The van der Waals surface area contributed by atoms with E-state index in [1.165, 1.54) is 0 Å². The summed E-state index contributed by atoms with van der Waals surface area (Å²) in [7, 11) is 0. The minimum absolute atomic E-state index is 0.0226. The largest absolute Gasteiger partial charge is 0.464 e. The van der Waals surface area contributed by atoms with E-state index in [1.807, 2.05) is 0 Å². The number of hydrogen-bond donors (Lipinski definition) is 0. The topological polar surface area (TPSA) is 46.6 Å². The van der Waals surface area contributed by atoms with Gasteiger partial charge in [0.2, 0.25) is 5.91 Å². The molecule has 0 radical (unpaired) electrons. The number of nitrogens with zero attached hydrogens (tertiary/aromatic N) is 1. The molecule has 0 aromatic carbocycles. The van der Waals surface area contributed by atoms with Gasteiger partial charge in [-0.15, -0.1) is 0 Å². The van der Waals surface area contributed by atoms with Crippen LogP contribution in [0.5, 0.6) is 0 Å². The summed E-state index contributed by atoms with van der Waals surface area (Å²) in [5.74, 6) is -0.354. The average molecular weight is 264 g/mol. The fraction of sp³-hybridized carbons (Fsp3) is 0.778. The Labute approximate surface area is 91.7 Å². The molecule has 14 heavy (non-hydrogen) atoms. The smallest absolute Gasteiger partial charge is 0.328 e. The SMILES string of the molecule is CCOC(=O)C(C)N1CCC(Br)C1=O. The Kier molecular flexibility index (Phi) is 3.92. The second kappa shape index (κ2) is 4.77. The first-order valence-electron chi connectivity index (χ1n) is 4.69. The van der Waals surface area contributed by atoms with Gasteiger partial charge in [-0.1, -0.05) is 15.9 Å². The summed E-state index contributed by atoms with van der Waals surface area (Å²) >= 11 is 3.26. The lowest BCUT2D eigenvalue weighted by Crippen LogP contribution is -2.41. The summed E-state index contributed by atoms with van der Waals surface area (Å²) in [6.07, 6.45) is 0.753. The van der Waals surface area contributed by atoms with E-state index in [0.29, 0.717) is 13.2 Å². The third kappa shape index (κ3) is 2.26. The highest BCUT2D eigenvalue weighted by molar-refractivity contribution is 9.10. The Hall–Kier alpha value is -0.580. The van der Waals surface area contributed by atoms with Crippen molar-refractivity contribution in [1.29, 1.82) is 0 Å². The molecule has 2 atom stereocenters. The zero-order valence-corrected chi connectivity index (χ0v) is 9.91. The predicted molar refractivity (Wildman–Crippen MR) is 55.1 cm³/mol. The van der Waals surface area contributed by atoms with E-state index in [0.717, 1.165) is 6.42 Å². The van der Waals surface area contributed by atoms with Gasteiger partial charge in [0.15, 0.2) is 0 Å². The first kappa shape index (κ1) is 11.5. The van der Waals surface area contributed by atoms with Crippen LogP contribution < -0.4 is 0 Å². The van der Waals surface area contributed by atoms with Gasteiger partial charge in [0, 0.05) is 6.54 Å². The second-order valence-electron chi connectivity index (χ2n) is 3.22. The van der Waals surface area contributed by atoms with Gasteiger partial charge in [-0.2, -0.15) is 0 Å². The molecule has 2 unspecified atom stereocenters. The minimum atomic E-state index is -0.468. The number of esters is 1. The highest BCUT2D eigenvalue weighted by Crippen LogP contribution is 2.20. The summed E-state index contributed by atoms with van der Waals surface area (Å²) in [5.41, 5.74) is 0. The molecule has 1 amide bonds. The van der Waals surface area contributed by atoms with E-state index in [-0.39, 0.29) is 16.7 Å². The van der Waals surface area contributed by atoms with Gasteiger partial charge in [0.05, 0.1) is 11.4 Å². The number of carbonyl (C=O) groups is 2. The van der Waals surface area contributed by atoms with Gasteiger partial charge >= 0.3 is 5.97 Å². The lowest BCUT2D eigenvalue weighted by atomic mass is 10.3. The van der Waals surface area contributed by atoms with Crippen molar-refractivity contribution in [1.82, 2.24) is 4.90 Å². The quantitative estimate of drug-likeness (QED) is 0.563. The third-order valence-electron chi connectivity index (χ3n) is 2.27. The number of likely N-dealkylation sites (tertiary alicyclic amines) is 1. The van der Waals surface area contributed by atoms with E-state index in [2.05, 4.69) is 15.9 Å². The Bertz CT molecular complexity index is 244. The zero-order chi connectivity index (χ0) is 10.7. The van der Waals surface area contributed by atoms with Gasteiger partial charge in [-0.25, -0.2) is 4.79 Å². The number of amides is 1. The molecule has 0 N–H and O–H groups in total. The van der Waals surface area contributed by atoms with Crippen molar-refractivity contribution in [2.75, 3.05) is 13.2 Å². The summed E-state index contributed by atoms with van der Waals surface area (Å²) < 4.78 is 4.85. The molecule has 0 aromatic heterocycles. The molecular formula is C9H14BrNO3. The van der Waals surface area contributed by atoms with Crippen LogP contribution in [0, 0.1) is 0 Å². The maximum Gasteiger partial charge on any atom is 0.328 e. The number of rotatable bonds is 3. The number of halogens is 1. The van der Waals surface area contributed by atoms with Crippen LogP contribution in [0.4, 0.5) is 0 Å². The maximum absolute atomic E-state index is 11.5. The summed E-state index contributed by atoms with van der Waals surface area (Å²) in [5, 5.41) is 0. The standard InChI is InChI=1S/C9H14BrNO3/c1-3-14-9(13)6(2)11-5-4-7(10)8(11)12/h6-7H,3-5H2,1-2H3. The maximum atomic E-state index is 11.5. The van der Waals surface area contributed by atoms with Crippen LogP contribution in [0.15, 0.2) is 0 Å².